The van der Waals surface area contributed by atoms with E-state index in [1.807, 2.05) is 19.2 Å². The highest BCUT2D eigenvalue weighted by molar-refractivity contribution is 5.63. The molecule has 0 spiro atoms. The third-order valence-corrected chi connectivity index (χ3v) is 2.51. The van der Waals surface area contributed by atoms with Crippen LogP contribution in [-0.2, 0) is 4.79 Å². The molecule has 1 saturated heterocycles. The van der Waals surface area contributed by atoms with E-state index in [-0.39, 0.29) is 0 Å². The van der Waals surface area contributed by atoms with Gasteiger partial charge in [0.2, 0.25) is 6.41 Å². The van der Waals surface area contributed by atoms with E-state index >= 15 is 0 Å². The molecule has 15 heavy (non-hydrogen) atoms. The lowest BCUT2D eigenvalue weighted by Crippen LogP contribution is -2.38. The monoisotopic (exact) mass is 202 g/mol. The van der Waals surface area contributed by atoms with Crippen LogP contribution in [0, 0.1) is 0 Å². The smallest absolute Gasteiger partial charge is 0.210 e. The van der Waals surface area contributed by atoms with Gasteiger partial charge in [-0.25, -0.2) is 0 Å². The fourth-order valence-corrected chi connectivity index (χ4v) is 1.66. The van der Waals surface area contributed by atoms with Crippen LogP contribution in [0.3, 0.4) is 0 Å². The number of hydrogen-bond donors (Lipinski definition) is 1. The van der Waals surface area contributed by atoms with E-state index in [0.717, 1.165) is 25.2 Å². The molecule has 0 atom stereocenters. The average molecular weight is 202 g/mol. The van der Waals surface area contributed by atoms with E-state index in [1.54, 1.807) is 4.90 Å². The van der Waals surface area contributed by atoms with Crippen molar-refractivity contribution in [2.75, 3.05) is 25.5 Å². The van der Waals surface area contributed by atoms with Crippen LogP contribution in [0.5, 0.6) is 0 Å². The van der Waals surface area contributed by atoms with Crippen molar-refractivity contribution in [3.8, 4) is 0 Å². The molecule has 1 aliphatic rings. The van der Waals surface area contributed by atoms with Gasteiger partial charge in [0, 0.05) is 25.8 Å². The van der Waals surface area contributed by atoms with E-state index in [2.05, 4.69) is 23.5 Å². The van der Waals surface area contributed by atoms with Crippen LogP contribution >= 0.6 is 0 Å². The molecule has 78 valence electrons. The number of benzene rings is 1. The fraction of sp³-hybridized carbons (Fsp3) is 0.250. The van der Waals surface area contributed by atoms with E-state index in [0.29, 0.717) is 0 Å². The first-order valence-electron chi connectivity index (χ1n) is 4.98. The standard InChI is InChI=1S/C12H14N2O/c1-13-12-4-2-3-10(6-12)5-11-7-14(8-11)9-15/h2-6,9,13H,7-8H2,1H3. The highest BCUT2D eigenvalue weighted by Crippen LogP contribution is 2.18. The van der Waals surface area contributed by atoms with Gasteiger partial charge < -0.3 is 10.2 Å². The van der Waals surface area contributed by atoms with Gasteiger partial charge in [-0.2, -0.15) is 0 Å². The third kappa shape index (κ3) is 2.18. The summed E-state index contributed by atoms with van der Waals surface area (Å²) in [6.45, 7) is 1.54. The Kier molecular flexibility index (Phi) is 2.72. The van der Waals surface area contributed by atoms with Crippen molar-refractivity contribution in [1.29, 1.82) is 0 Å². The number of likely N-dealkylation sites (tertiary alicyclic amines) is 1. The maximum absolute atomic E-state index is 10.4. The molecule has 0 aromatic heterocycles. The Hall–Kier alpha value is -1.77. The van der Waals surface area contributed by atoms with Crippen molar-refractivity contribution < 1.29 is 4.79 Å². The zero-order chi connectivity index (χ0) is 10.7. The average Bonchev–Trinajstić information content (AvgIpc) is 2.23. The number of amides is 1. The lowest BCUT2D eigenvalue weighted by molar-refractivity contribution is -0.119. The van der Waals surface area contributed by atoms with Gasteiger partial charge in [-0.1, -0.05) is 18.2 Å². The van der Waals surface area contributed by atoms with Gasteiger partial charge in [0.25, 0.3) is 0 Å². The van der Waals surface area contributed by atoms with E-state index in [1.165, 1.54) is 11.1 Å². The third-order valence-electron chi connectivity index (χ3n) is 2.51. The highest BCUT2D eigenvalue weighted by Gasteiger charge is 2.17. The second-order valence-electron chi connectivity index (χ2n) is 3.69. The lowest BCUT2D eigenvalue weighted by atomic mass is 10.0. The Labute approximate surface area is 89.4 Å². The summed E-state index contributed by atoms with van der Waals surface area (Å²) in [6, 6.07) is 8.21. The van der Waals surface area contributed by atoms with Crippen molar-refractivity contribution in [2.45, 2.75) is 0 Å². The number of nitrogens with one attached hydrogen (secondary N) is 1. The predicted molar refractivity (Wildman–Crippen MR) is 61.6 cm³/mol. The number of hydrogen-bond acceptors (Lipinski definition) is 2. The molecule has 2 rings (SSSR count). The Balaban J connectivity index is 2.08. The molecule has 1 heterocycles. The SMILES string of the molecule is CNc1cccc(C=C2CN(C=O)C2)c1. The summed E-state index contributed by atoms with van der Waals surface area (Å²) >= 11 is 0. The van der Waals surface area contributed by atoms with Gasteiger partial charge in [-0.3, -0.25) is 4.79 Å². The summed E-state index contributed by atoms with van der Waals surface area (Å²) < 4.78 is 0. The summed E-state index contributed by atoms with van der Waals surface area (Å²) in [5.74, 6) is 0. The van der Waals surface area contributed by atoms with Crippen molar-refractivity contribution in [3.05, 3.63) is 35.4 Å². The van der Waals surface area contributed by atoms with Gasteiger partial charge in [-0.15, -0.1) is 0 Å². The zero-order valence-electron chi connectivity index (χ0n) is 8.73. The van der Waals surface area contributed by atoms with Gasteiger partial charge >= 0.3 is 0 Å². The first kappa shape index (κ1) is 9.77. The van der Waals surface area contributed by atoms with Crippen molar-refractivity contribution in [1.82, 2.24) is 4.90 Å². The minimum atomic E-state index is 0.771. The summed E-state index contributed by atoms with van der Waals surface area (Å²) in [5.41, 5.74) is 3.59. The number of carbonyl (C=O) groups excluding carboxylic acids is 1. The van der Waals surface area contributed by atoms with Crippen LogP contribution in [0.4, 0.5) is 5.69 Å². The van der Waals surface area contributed by atoms with Crippen molar-refractivity contribution in [3.63, 3.8) is 0 Å². The fourth-order valence-electron chi connectivity index (χ4n) is 1.66. The Morgan fingerprint density at radius 2 is 2.20 bits per heavy atom. The van der Waals surface area contributed by atoms with Crippen LogP contribution in [0.25, 0.3) is 6.08 Å². The normalized spacial score (nSPS) is 14.5. The van der Waals surface area contributed by atoms with E-state index in [9.17, 15) is 4.79 Å². The minimum absolute atomic E-state index is 0.771. The molecule has 3 heteroatoms. The molecular formula is C12H14N2O. The molecule has 1 fully saturated rings. The Morgan fingerprint density at radius 1 is 1.40 bits per heavy atom. The number of nitrogens with zero attached hydrogens (tertiary/aromatic N) is 1. The summed E-state index contributed by atoms with van der Waals surface area (Å²) in [4.78, 5) is 12.1. The molecule has 1 N–H and O–H groups in total. The number of carbonyl (C=O) groups is 1. The Bertz CT molecular complexity index is 390. The Morgan fingerprint density at radius 3 is 2.87 bits per heavy atom. The van der Waals surface area contributed by atoms with Gasteiger partial charge in [0.1, 0.15) is 0 Å². The molecule has 1 aromatic rings. The van der Waals surface area contributed by atoms with E-state index < -0.39 is 0 Å². The first-order chi connectivity index (χ1) is 7.31. The van der Waals surface area contributed by atoms with Crippen molar-refractivity contribution in [2.24, 2.45) is 0 Å². The van der Waals surface area contributed by atoms with Gasteiger partial charge in [0.05, 0.1) is 0 Å². The molecule has 0 radical (unpaired) electrons. The van der Waals surface area contributed by atoms with Gasteiger partial charge in [0.15, 0.2) is 0 Å². The first-order valence-corrected chi connectivity index (χ1v) is 4.98. The molecule has 1 aliphatic heterocycles. The molecular weight excluding hydrogens is 188 g/mol. The van der Waals surface area contributed by atoms with Crippen LogP contribution in [0.2, 0.25) is 0 Å². The minimum Gasteiger partial charge on any atom is -0.388 e. The van der Waals surface area contributed by atoms with Crippen LogP contribution in [0.1, 0.15) is 5.56 Å². The topological polar surface area (TPSA) is 32.3 Å². The molecule has 0 unspecified atom stereocenters. The molecule has 3 nitrogen and oxygen atoms in total. The second kappa shape index (κ2) is 4.17. The number of rotatable bonds is 3. The zero-order valence-corrected chi connectivity index (χ0v) is 8.73. The van der Waals surface area contributed by atoms with Crippen LogP contribution < -0.4 is 5.32 Å². The lowest BCUT2D eigenvalue weighted by Gasteiger charge is -2.30. The largest absolute Gasteiger partial charge is 0.388 e. The summed E-state index contributed by atoms with van der Waals surface area (Å²) in [6.07, 6.45) is 3.03. The van der Waals surface area contributed by atoms with Crippen molar-refractivity contribution >= 4 is 18.2 Å². The van der Waals surface area contributed by atoms with E-state index in [4.69, 9.17) is 0 Å². The summed E-state index contributed by atoms with van der Waals surface area (Å²) in [7, 11) is 1.91. The molecule has 0 aliphatic carbocycles. The molecule has 1 amide bonds. The number of anilines is 1. The second-order valence-corrected chi connectivity index (χ2v) is 3.69. The predicted octanol–water partition coefficient (Wildman–Crippen LogP) is 1.58. The molecule has 0 bridgehead atoms. The van der Waals surface area contributed by atoms with Crippen LogP contribution in [0.15, 0.2) is 29.8 Å². The maximum Gasteiger partial charge on any atom is 0.210 e. The molecule has 1 aromatic carbocycles. The molecule has 0 saturated carbocycles. The van der Waals surface area contributed by atoms with Crippen LogP contribution in [-0.4, -0.2) is 31.4 Å². The highest BCUT2D eigenvalue weighted by atomic mass is 16.1. The quantitative estimate of drug-likeness (QED) is 0.755. The maximum atomic E-state index is 10.4. The summed E-state index contributed by atoms with van der Waals surface area (Å²) in [5, 5.41) is 3.10. The van der Waals surface area contributed by atoms with Gasteiger partial charge in [-0.05, 0) is 23.3 Å².